The van der Waals surface area contributed by atoms with Crippen molar-refractivity contribution in [3.05, 3.63) is 18.0 Å². The van der Waals surface area contributed by atoms with Gasteiger partial charge in [-0.2, -0.15) is 13.9 Å². The van der Waals surface area contributed by atoms with Gasteiger partial charge >= 0.3 is 12.3 Å². The largest absolute Gasteiger partial charge is 0.373 e. The van der Waals surface area contributed by atoms with Crippen molar-refractivity contribution in [1.82, 2.24) is 9.78 Å². The normalized spacial score (nSPS) is 14.2. The van der Waals surface area contributed by atoms with Crippen molar-refractivity contribution in [2.75, 3.05) is 13.2 Å². The molecule has 104 valence electrons. The zero-order valence-electron chi connectivity index (χ0n) is 9.82. The molecule has 0 aliphatic heterocycles. The van der Waals surface area contributed by atoms with Gasteiger partial charge in [0.25, 0.3) is 0 Å². The minimum Gasteiger partial charge on any atom is -0.373 e. The van der Waals surface area contributed by atoms with Crippen LogP contribution in [0.5, 0.6) is 0 Å². The monoisotopic (exact) mass is 269 g/mol. The third kappa shape index (κ3) is 4.61. The minimum absolute atomic E-state index is 0.211. The van der Waals surface area contributed by atoms with Crippen molar-refractivity contribution in [1.29, 1.82) is 0 Å². The maximum atomic E-state index is 12.5. The van der Waals surface area contributed by atoms with Crippen molar-refractivity contribution in [3.63, 3.8) is 0 Å². The van der Waals surface area contributed by atoms with Crippen molar-refractivity contribution < 1.29 is 22.3 Å². The maximum absolute atomic E-state index is 12.5. The number of aryl methyl sites for hydroxylation is 1. The summed E-state index contributed by atoms with van der Waals surface area (Å²) in [6.45, 7) is -1.54. The third-order valence-electron chi connectivity index (χ3n) is 2.20. The molecule has 1 atom stereocenters. The molecule has 1 aromatic heterocycles. The van der Waals surface area contributed by atoms with E-state index in [1.165, 1.54) is 0 Å². The number of aromatic nitrogens is 2. The molecule has 0 amide bonds. The highest BCUT2D eigenvalue weighted by atomic mass is 19.3. The lowest BCUT2D eigenvalue weighted by Crippen LogP contribution is -2.36. The van der Waals surface area contributed by atoms with E-state index >= 15 is 0 Å². The van der Waals surface area contributed by atoms with E-state index in [1.54, 1.807) is 24.1 Å². The molecule has 0 radical (unpaired) electrons. The highest BCUT2D eigenvalue weighted by Crippen LogP contribution is 2.22. The molecular weight excluding hydrogens is 254 g/mol. The molecular formula is C10H15F4N3O. The number of rotatable bonds is 7. The van der Waals surface area contributed by atoms with Crippen LogP contribution >= 0.6 is 0 Å². The third-order valence-corrected chi connectivity index (χ3v) is 2.20. The molecule has 0 aliphatic carbocycles. The first-order chi connectivity index (χ1) is 8.31. The van der Waals surface area contributed by atoms with Crippen LogP contribution in [0, 0.1) is 0 Å². The van der Waals surface area contributed by atoms with Gasteiger partial charge in [0.1, 0.15) is 6.61 Å². The van der Waals surface area contributed by atoms with Crippen LogP contribution in [0.25, 0.3) is 0 Å². The Hall–Kier alpha value is -1.15. The van der Waals surface area contributed by atoms with Crippen molar-refractivity contribution in [2.24, 2.45) is 12.8 Å². The van der Waals surface area contributed by atoms with Gasteiger partial charge in [-0.25, -0.2) is 8.78 Å². The quantitative estimate of drug-likeness (QED) is 0.757. The SMILES string of the molecule is Cn1cc(CC(N)COCC(F)(F)C(F)F)cn1. The van der Waals surface area contributed by atoms with Gasteiger partial charge in [-0.1, -0.05) is 0 Å². The Morgan fingerprint density at radius 3 is 2.67 bits per heavy atom. The van der Waals surface area contributed by atoms with E-state index in [0.29, 0.717) is 6.42 Å². The van der Waals surface area contributed by atoms with Crippen LogP contribution < -0.4 is 5.73 Å². The van der Waals surface area contributed by atoms with E-state index in [-0.39, 0.29) is 6.61 Å². The molecule has 0 fully saturated rings. The van der Waals surface area contributed by atoms with E-state index in [9.17, 15) is 17.6 Å². The minimum atomic E-state index is -4.13. The predicted molar refractivity (Wildman–Crippen MR) is 56.7 cm³/mol. The summed E-state index contributed by atoms with van der Waals surface area (Å²) in [5, 5.41) is 3.91. The Kier molecular flexibility index (Phi) is 5.09. The first kappa shape index (κ1) is 14.9. The highest BCUT2D eigenvalue weighted by Gasteiger charge is 2.41. The van der Waals surface area contributed by atoms with Crippen LogP contribution in [0.15, 0.2) is 12.4 Å². The first-order valence-electron chi connectivity index (χ1n) is 5.28. The summed E-state index contributed by atoms with van der Waals surface area (Å²) in [7, 11) is 1.73. The molecule has 0 aromatic carbocycles. The number of halogens is 4. The van der Waals surface area contributed by atoms with Gasteiger partial charge in [0.05, 0.1) is 12.8 Å². The standard InChI is InChI=1S/C10H15F4N3O/c1-17-4-7(3-16-17)2-8(15)5-18-6-10(13,14)9(11)12/h3-4,8-9H,2,5-6,15H2,1H3. The average Bonchev–Trinajstić information content (AvgIpc) is 2.63. The summed E-state index contributed by atoms with van der Waals surface area (Å²) in [5.74, 6) is -4.13. The second kappa shape index (κ2) is 6.14. The molecule has 0 aliphatic rings. The van der Waals surface area contributed by atoms with Crippen LogP contribution in [-0.2, 0) is 18.2 Å². The second-order valence-corrected chi connectivity index (χ2v) is 4.06. The Balaban J connectivity index is 2.27. The molecule has 0 spiro atoms. The fourth-order valence-electron chi connectivity index (χ4n) is 1.35. The molecule has 0 bridgehead atoms. The Bertz CT molecular complexity index is 370. The number of hydrogen-bond donors (Lipinski definition) is 1. The summed E-state index contributed by atoms with van der Waals surface area (Å²) in [6.07, 6.45) is -0.0259. The van der Waals surface area contributed by atoms with Crippen LogP contribution in [-0.4, -0.2) is 41.4 Å². The molecule has 0 saturated heterocycles. The zero-order chi connectivity index (χ0) is 13.8. The molecule has 0 saturated carbocycles. The van der Waals surface area contributed by atoms with E-state index in [2.05, 4.69) is 9.84 Å². The Labute approximate surface area is 102 Å². The fraction of sp³-hybridized carbons (Fsp3) is 0.700. The fourth-order valence-corrected chi connectivity index (χ4v) is 1.35. The zero-order valence-corrected chi connectivity index (χ0v) is 9.82. The van der Waals surface area contributed by atoms with E-state index in [1.807, 2.05) is 0 Å². The number of nitrogens with two attached hydrogens (primary N) is 1. The average molecular weight is 269 g/mol. The van der Waals surface area contributed by atoms with Crippen LogP contribution in [0.4, 0.5) is 17.6 Å². The van der Waals surface area contributed by atoms with E-state index < -0.39 is 25.0 Å². The van der Waals surface area contributed by atoms with E-state index in [4.69, 9.17) is 5.73 Å². The van der Waals surface area contributed by atoms with Gasteiger partial charge in [-0.15, -0.1) is 0 Å². The van der Waals surface area contributed by atoms with Gasteiger partial charge in [-0.3, -0.25) is 4.68 Å². The molecule has 4 nitrogen and oxygen atoms in total. The molecule has 8 heteroatoms. The summed E-state index contributed by atoms with van der Waals surface area (Å²) in [5.41, 5.74) is 6.45. The van der Waals surface area contributed by atoms with Gasteiger partial charge in [0, 0.05) is 19.3 Å². The van der Waals surface area contributed by atoms with Gasteiger partial charge < -0.3 is 10.5 Å². The molecule has 1 rings (SSSR count). The lowest BCUT2D eigenvalue weighted by atomic mass is 10.1. The Morgan fingerprint density at radius 1 is 1.50 bits per heavy atom. The lowest BCUT2D eigenvalue weighted by Gasteiger charge is -2.17. The van der Waals surface area contributed by atoms with E-state index in [0.717, 1.165) is 5.56 Å². The summed E-state index contributed by atoms with van der Waals surface area (Å²) in [4.78, 5) is 0. The Morgan fingerprint density at radius 2 is 2.17 bits per heavy atom. The molecule has 1 aromatic rings. The summed E-state index contributed by atoms with van der Waals surface area (Å²) >= 11 is 0. The maximum Gasteiger partial charge on any atom is 0.330 e. The van der Waals surface area contributed by atoms with Crippen LogP contribution in [0.1, 0.15) is 5.56 Å². The number of nitrogens with zero attached hydrogens (tertiary/aromatic N) is 2. The number of hydrogen-bond acceptors (Lipinski definition) is 3. The highest BCUT2D eigenvalue weighted by molar-refractivity contribution is 5.05. The molecule has 2 N–H and O–H groups in total. The number of ether oxygens (including phenoxy) is 1. The molecule has 1 heterocycles. The second-order valence-electron chi connectivity index (χ2n) is 4.06. The van der Waals surface area contributed by atoms with Crippen LogP contribution in [0.2, 0.25) is 0 Å². The predicted octanol–water partition coefficient (Wildman–Crippen LogP) is 1.21. The van der Waals surface area contributed by atoms with Gasteiger partial charge in [-0.05, 0) is 12.0 Å². The van der Waals surface area contributed by atoms with Crippen LogP contribution in [0.3, 0.4) is 0 Å². The topological polar surface area (TPSA) is 53.1 Å². The molecule has 18 heavy (non-hydrogen) atoms. The number of alkyl halides is 4. The van der Waals surface area contributed by atoms with Gasteiger partial charge in [0.2, 0.25) is 0 Å². The van der Waals surface area contributed by atoms with Crippen molar-refractivity contribution >= 4 is 0 Å². The molecule has 1 unspecified atom stereocenters. The van der Waals surface area contributed by atoms with Crippen molar-refractivity contribution in [3.8, 4) is 0 Å². The first-order valence-corrected chi connectivity index (χ1v) is 5.28. The smallest absolute Gasteiger partial charge is 0.330 e. The van der Waals surface area contributed by atoms with Crippen molar-refractivity contribution in [2.45, 2.75) is 24.8 Å². The summed E-state index contributed by atoms with van der Waals surface area (Å²) < 4.78 is 54.7. The lowest BCUT2D eigenvalue weighted by molar-refractivity contribution is -0.166. The summed E-state index contributed by atoms with van der Waals surface area (Å²) in [6, 6.07) is -0.539. The van der Waals surface area contributed by atoms with Gasteiger partial charge in [0.15, 0.2) is 0 Å².